The average molecular weight is 476 g/mol. The number of ether oxygens (including phenoxy) is 1. The fourth-order valence-corrected chi connectivity index (χ4v) is 3.81. The number of aliphatic hydroxyl groups excluding tert-OH is 2. The lowest BCUT2D eigenvalue weighted by atomic mass is 10.1. The van der Waals surface area contributed by atoms with Crippen molar-refractivity contribution in [1.82, 2.24) is 19.1 Å². The Morgan fingerprint density at radius 3 is 2.61 bits per heavy atom. The molecule has 0 bridgehead atoms. The molecule has 4 N–H and O–H groups in total. The highest BCUT2D eigenvalue weighted by molar-refractivity contribution is 7.39. The van der Waals surface area contributed by atoms with Crippen LogP contribution in [-0.4, -0.2) is 64.0 Å². The van der Waals surface area contributed by atoms with Gasteiger partial charge >= 0.3 is 14.3 Å². The molecule has 0 amide bonds. The van der Waals surface area contributed by atoms with Gasteiger partial charge in [0.05, 0.1) is 24.5 Å². The van der Waals surface area contributed by atoms with Crippen molar-refractivity contribution in [1.29, 1.82) is 0 Å². The van der Waals surface area contributed by atoms with Crippen LogP contribution in [0.4, 0.5) is 0 Å². The third-order valence-electron chi connectivity index (χ3n) is 5.16. The minimum atomic E-state index is -2.68. The molecule has 4 heterocycles. The van der Waals surface area contributed by atoms with Crippen LogP contribution in [0.15, 0.2) is 64.6 Å². The monoisotopic (exact) mass is 476 g/mol. The SMILES string of the molecule is O=c1ccn(C2OC(COP(O)O)C(O)C2O)c(=O)n1Cc1cc(-c2ccccn2)ccn1. The minimum Gasteiger partial charge on any atom is -0.387 e. The van der Waals surface area contributed by atoms with Gasteiger partial charge < -0.3 is 29.3 Å². The van der Waals surface area contributed by atoms with E-state index >= 15 is 0 Å². The highest BCUT2D eigenvalue weighted by Crippen LogP contribution is 2.32. The molecule has 1 aliphatic rings. The summed E-state index contributed by atoms with van der Waals surface area (Å²) in [6.45, 7) is -0.553. The number of rotatable bonds is 7. The summed E-state index contributed by atoms with van der Waals surface area (Å²) in [7, 11) is -2.68. The van der Waals surface area contributed by atoms with Crippen LogP contribution in [0, 0.1) is 0 Å². The Hall–Kier alpha value is -2.83. The molecule has 4 atom stereocenters. The Morgan fingerprint density at radius 1 is 1.06 bits per heavy atom. The van der Waals surface area contributed by atoms with Gasteiger partial charge in [-0.15, -0.1) is 0 Å². The maximum absolute atomic E-state index is 13.1. The van der Waals surface area contributed by atoms with E-state index in [-0.39, 0.29) is 6.54 Å². The normalized spacial score (nSPS) is 22.7. The number of pyridine rings is 2. The van der Waals surface area contributed by atoms with E-state index in [1.807, 2.05) is 12.1 Å². The molecule has 13 heteroatoms. The lowest BCUT2D eigenvalue weighted by Crippen LogP contribution is -2.43. The van der Waals surface area contributed by atoms with Crippen LogP contribution in [0.25, 0.3) is 11.3 Å². The molecule has 1 aliphatic heterocycles. The fourth-order valence-electron chi connectivity index (χ4n) is 3.53. The van der Waals surface area contributed by atoms with Crippen molar-refractivity contribution in [3.63, 3.8) is 0 Å². The van der Waals surface area contributed by atoms with Crippen molar-refractivity contribution in [2.24, 2.45) is 0 Å². The Balaban J connectivity index is 1.61. The first kappa shape index (κ1) is 23.3. The maximum Gasteiger partial charge on any atom is 0.333 e. The second-order valence-electron chi connectivity index (χ2n) is 7.28. The Labute approximate surface area is 188 Å². The number of aromatic nitrogens is 4. The minimum absolute atomic E-state index is 0.142. The van der Waals surface area contributed by atoms with Crippen LogP contribution in [0.1, 0.15) is 11.9 Å². The molecular formula is C20H21N4O8P. The first-order chi connectivity index (χ1) is 15.8. The molecule has 0 saturated carbocycles. The maximum atomic E-state index is 13.1. The largest absolute Gasteiger partial charge is 0.387 e. The zero-order chi connectivity index (χ0) is 23.5. The van der Waals surface area contributed by atoms with Crippen molar-refractivity contribution in [3.05, 3.63) is 81.5 Å². The molecule has 33 heavy (non-hydrogen) atoms. The number of hydrogen-bond acceptors (Lipinski definition) is 10. The zero-order valence-corrected chi connectivity index (χ0v) is 18.0. The van der Waals surface area contributed by atoms with Gasteiger partial charge in [-0.05, 0) is 24.3 Å². The third-order valence-corrected chi connectivity index (χ3v) is 5.54. The highest BCUT2D eigenvalue weighted by Gasteiger charge is 2.44. The molecule has 4 rings (SSSR count). The smallest absolute Gasteiger partial charge is 0.333 e. The van der Waals surface area contributed by atoms with Crippen molar-refractivity contribution < 1.29 is 29.3 Å². The van der Waals surface area contributed by atoms with Gasteiger partial charge in [0, 0.05) is 30.2 Å². The molecule has 4 unspecified atom stereocenters. The van der Waals surface area contributed by atoms with Crippen LogP contribution in [0.3, 0.4) is 0 Å². The van der Waals surface area contributed by atoms with E-state index in [0.717, 1.165) is 27.0 Å². The first-order valence-electron chi connectivity index (χ1n) is 9.86. The lowest BCUT2D eigenvalue weighted by molar-refractivity contribution is -0.0531. The molecule has 1 fully saturated rings. The van der Waals surface area contributed by atoms with Crippen molar-refractivity contribution in [2.45, 2.75) is 31.1 Å². The highest BCUT2D eigenvalue weighted by atomic mass is 31.2. The molecule has 3 aromatic rings. The van der Waals surface area contributed by atoms with Gasteiger partial charge in [-0.3, -0.25) is 23.9 Å². The quantitative estimate of drug-likeness (QED) is 0.322. The topological polar surface area (TPSA) is 169 Å². The van der Waals surface area contributed by atoms with Crippen LogP contribution < -0.4 is 11.2 Å². The molecule has 0 spiro atoms. The molecule has 0 radical (unpaired) electrons. The van der Waals surface area contributed by atoms with Gasteiger partial charge in [0.25, 0.3) is 5.56 Å². The number of nitrogens with zero attached hydrogens (tertiary/aromatic N) is 4. The molecule has 0 aromatic carbocycles. The van der Waals surface area contributed by atoms with E-state index < -0.39 is 51.0 Å². The molecular weight excluding hydrogens is 455 g/mol. The molecule has 12 nitrogen and oxygen atoms in total. The predicted octanol–water partition coefficient (Wildman–Crippen LogP) is -0.637. The lowest BCUT2D eigenvalue weighted by Gasteiger charge is -2.18. The van der Waals surface area contributed by atoms with Crippen LogP contribution in [0.5, 0.6) is 0 Å². The second kappa shape index (κ2) is 9.98. The van der Waals surface area contributed by atoms with Gasteiger partial charge in [0.1, 0.15) is 18.3 Å². The van der Waals surface area contributed by atoms with E-state index in [0.29, 0.717) is 11.4 Å². The number of aliphatic hydroxyl groups is 2. The molecule has 3 aromatic heterocycles. The average Bonchev–Trinajstić information content (AvgIpc) is 3.10. The van der Waals surface area contributed by atoms with Gasteiger partial charge in [0.15, 0.2) is 6.23 Å². The summed E-state index contributed by atoms with van der Waals surface area (Å²) in [5.74, 6) is 0. The Kier molecular flexibility index (Phi) is 7.05. The van der Waals surface area contributed by atoms with Gasteiger partial charge in [0.2, 0.25) is 0 Å². The van der Waals surface area contributed by atoms with E-state index in [2.05, 4.69) is 14.5 Å². The van der Waals surface area contributed by atoms with Crippen LogP contribution in [-0.2, 0) is 15.8 Å². The summed E-state index contributed by atoms with van der Waals surface area (Å²) in [5.41, 5.74) is 0.544. The second-order valence-corrected chi connectivity index (χ2v) is 8.04. The Bertz CT molecular complexity index is 1220. The first-order valence-corrected chi connectivity index (χ1v) is 11.0. The summed E-state index contributed by atoms with van der Waals surface area (Å²) in [5, 5.41) is 20.5. The van der Waals surface area contributed by atoms with Gasteiger partial charge in [-0.1, -0.05) is 6.07 Å². The van der Waals surface area contributed by atoms with Gasteiger partial charge in [-0.2, -0.15) is 0 Å². The van der Waals surface area contributed by atoms with E-state index in [1.165, 1.54) is 0 Å². The summed E-state index contributed by atoms with van der Waals surface area (Å²) in [6, 6.07) is 10.1. The predicted molar refractivity (Wildman–Crippen MR) is 115 cm³/mol. The van der Waals surface area contributed by atoms with E-state index in [4.69, 9.17) is 14.5 Å². The summed E-state index contributed by atoms with van der Waals surface area (Å²) >= 11 is 0. The Morgan fingerprint density at radius 2 is 1.88 bits per heavy atom. The van der Waals surface area contributed by atoms with E-state index in [1.54, 1.807) is 30.6 Å². The fraction of sp³-hybridized carbons (Fsp3) is 0.300. The number of hydrogen-bond donors (Lipinski definition) is 4. The van der Waals surface area contributed by atoms with E-state index in [9.17, 15) is 19.8 Å². The summed E-state index contributed by atoms with van der Waals surface area (Å²) in [6.07, 6.45) is -1.03. The zero-order valence-electron chi connectivity index (χ0n) is 17.1. The molecule has 1 saturated heterocycles. The van der Waals surface area contributed by atoms with Crippen LogP contribution in [0.2, 0.25) is 0 Å². The third kappa shape index (κ3) is 5.07. The standard InChI is InChI=1S/C20H21N4O8P/c25-16-5-8-23(19-18(27)17(26)15(32-19)11-31-33(29)30)20(28)24(16)10-13-9-12(4-7-21-13)14-3-1-2-6-22-14/h1-9,15,17-19,26-27,29-30H,10-11H2. The van der Waals surface area contributed by atoms with Crippen molar-refractivity contribution >= 4 is 8.60 Å². The van der Waals surface area contributed by atoms with Gasteiger partial charge in [-0.25, -0.2) is 4.79 Å². The van der Waals surface area contributed by atoms with Crippen LogP contribution >= 0.6 is 8.60 Å². The molecule has 0 aliphatic carbocycles. The van der Waals surface area contributed by atoms with Crippen molar-refractivity contribution in [3.8, 4) is 11.3 Å². The molecule has 174 valence electrons. The van der Waals surface area contributed by atoms with Crippen molar-refractivity contribution in [2.75, 3.05) is 6.61 Å². The summed E-state index contributed by atoms with van der Waals surface area (Å²) in [4.78, 5) is 51.8. The summed E-state index contributed by atoms with van der Waals surface area (Å²) < 4.78 is 12.1.